The number of likely N-dealkylation sites (tertiary alicyclic amines) is 1. The number of hydrogen-bond donors (Lipinski definition) is 4. The van der Waals surface area contributed by atoms with Gasteiger partial charge in [0.1, 0.15) is 5.75 Å². The van der Waals surface area contributed by atoms with Gasteiger partial charge >= 0.3 is 0 Å². The number of benzene rings is 3. The molecule has 2 aliphatic heterocycles. The fraction of sp³-hybridized carbons (Fsp3) is 0.310. The standard InChI is InChI=1S/C29H33N5O3/c1-37-23-7-5-6-22(18-23)32-25-12-13-26(27-24(25)19-31-29(27)36)33-28(35)20-8-10-21(11-9-20)30-14-17-34-15-3-2-4-16-34/h5-13,18,30,32H,2-4,14-17,19H2,1H3,(H,31,36)(H,33,35). The predicted octanol–water partition coefficient (Wildman–Crippen LogP) is 4.83. The van der Waals surface area contributed by atoms with Crippen molar-refractivity contribution in [3.8, 4) is 5.75 Å². The Labute approximate surface area is 217 Å². The minimum atomic E-state index is -0.254. The lowest BCUT2D eigenvalue weighted by atomic mass is 10.0. The first kappa shape index (κ1) is 24.6. The molecular weight excluding hydrogens is 466 g/mol. The summed E-state index contributed by atoms with van der Waals surface area (Å²) in [5.41, 5.74) is 4.97. The van der Waals surface area contributed by atoms with Gasteiger partial charge < -0.3 is 30.9 Å². The van der Waals surface area contributed by atoms with E-state index in [1.54, 1.807) is 25.3 Å². The molecule has 1 saturated heterocycles. The summed E-state index contributed by atoms with van der Waals surface area (Å²) in [4.78, 5) is 28.1. The van der Waals surface area contributed by atoms with E-state index < -0.39 is 0 Å². The minimum absolute atomic E-state index is 0.201. The van der Waals surface area contributed by atoms with Crippen molar-refractivity contribution in [3.63, 3.8) is 0 Å². The second-order valence-corrected chi connectivity index (χ2v) is 9.41. The largest absolute Gasteiger partial charge is 0.497 e. The number of carbonyl (C=O) groups is 2. The molecule has 0 unspecified atom stereocenters. The Hall–Kier alpha value is -4.04. The molecule has 0 aromatic heterocycles. The average molecular weight is 500 g/mol. The summed E-state index contributed by atoms with van der Waals surface area (Å²) in [5, 5.41) is 12.6. The van der Waals surface area contributed by atoms with Crippen LogP contribution in [0, 0.1) is 0 Å². The van der Waals surface area contributed by atoms with Crippen molar-refractivity contribution >= 4 is 34.6 Å². The first-order valence-corrected chi connectivity index (χ1v) is 12.8. The fourth-order valence-corrected chi connectivity index (χ4v) is 4.90. The van der Waals surface area contributed by atoms with Crippen LogP contribution >= 0.6 is 0 Å². The highest BCUT2D eigenvalue weighted by molar-refractivity contribution is 6.11. The summed E-state index contributed by atoms with van der Waals surface area (Å²) in [5.74, 6) is 0.283. The third-order valence-corrected chi connectivity index (χ3v) is 6.92. The first-order valence-electron chi connectivity index (χ1n) is 12.8. The lowest BCUT2D eigenvalue weighted by molar-refractivity contribution is 0.0966. The number of hydrogen-bond acceptors (Lipinski definition) is 6. The summed E-state index contributed by atoms with van der Waals surface area (Å²) in [6.07, 6.45) is 3.91. The number of methoxy groups -OCH3 is 1. The molecule has 0 bridgehead atoms. The molecule has 1 fully saturated rings. The number of amides is 2. The van der Waals surface area contributed by atoms with Crippen molar-refractivity contribution in [2.24, 2.45) is 0 Å². The van der Waals surface area contributed by atoms with E-state index in [0.29, 0.717) is 23.4 Å². The smallest absolute Gasteiger partial charge is 0.255 e. The quantitative estimate of drug-likeness (QED) is 0.337. The fourth-order valence-electron chi connectivity index (χ4n) is 4.90. The maximum Gasteiger partial charge on any atom is 0.255 e. The summed E-state index contributed by atoms with van der Waals surface area (Å²) in [6.45, 7) is 4.66. The van der Waals surface area contributed by atoms with Gasteiger partial charge in [0, 0.05) is 53.9 Å². The van der Waals surface area contributed by atoms with Gasteiger partial charge in [0.05, 0.1) is 18.4 Å². The zero-order valence-electron chi connectivity index (χ0n) is 21.1. The lowest BCUT2D eigenvalue weighted by Crippen LogP contribution is -2.33. The van der Waals surface area contributed by atoms with Crippen LogP contribution in [0.4, 0.5) is 22.7 Å². The Kier molecular flexibility index (Phi) is 7.56. The molecule has 37 heavy (non-hydrogen) atoms. The van der Waals surface area contributed by atoms with Crippen molar-refractivity contribution < 1.29 is 14.3 Å². The van der Waals surface area contributed by atoms with Crippen LogP contribution in [0.1, 0.15) is 45.5 Å². The minimum Gasteiger partial charge on any atom is -0.497 e. The van der Waals surface area contributed by atoms with E-state index in [9.17, 15) is 9.59 Å². The molecule has 2 heterocycles. The topological polar surface area (TPSA) is 94.7 Å². The molecule has 8 nitrogen and oxygen atoms in total. The molecule has 3 aromatic rings. The molecule has 0 saturated carbocycles. The van der Waals surface area contributed by atoms with Crippen molar-refractivity contribution in [3.05, 3.63) is 77.4 Å². The van der Waals surface area contributed by atoms with E-state index >= 15 is 0 Å². The second kappa shape index (κ2) is 11.3. The van der Waals surface area contributed by atoms with Crippen LogP contribution in [0.15, 0.2) is 60.7 Å². The number of ether oxygens (including phenoxy) is 1. The van der Waals surface area contributed by atoms with Gasteiger partial charge in [-0.3, -0.25) is 9.59 Å². The molecule has 0 spiro atoms. The number of nitrogens with zero attached hydrogens (tertiary/aromatic N) is 1. The van der Waals surface area contributed by atoms with Crippen molar-refractivity contribution in [1.29, 1.82) is 0 Å². The van der Waals surface area contributed by atoms with Crippen LogP contribution in [0.25, 0.3) is 0 Å². The summed E-state index contributed by atoms with van der Waals surface area (Å²) < 4.78 is 5.30. The molecule has 2 amide bonds. The maximum absolute atomic E-state index is 13.0. The molecule has 0 atom stereocenters. The highest BCUT2D eigenvalue weighted by atomic mass is 16.5. The van der Waals surface area contributed by atoms with Crippen LogP contribution in [0.3, 0.4) is 0 Å². The van der Waals surface area contributed by atoms with Gasteiger partial charge in [-0.15, -0.1) is 0 Å². The lowest BCUT2D eigenvalue weighted by Gasteiger charge is -2.26. The summed E-state index contributed by atoms with van der Waals surface area (Å²) in [7, 11) is 1.62. The van der Waals surface area contributed by atoms with E-state index in [2.05, 4.69) is 26.2 Å². The third kappa shape index (κ3) is 5.86. The predicted molar refractivity (Wildman–Crippen MR) is 147 cm³/mol. The van der Waals surface area contributed by atoms with Crippen molar-refractivity contribution in [1.82, 2.24) is 10.2 Å². The van der Waals surface area contributed by atoms with Gasteiger partial charge in [0.15, 0.2) is 0 Å². The SMILES string of the molecule is COc1cccc(Nc2ccc(NC(=O)c3ccc(NCCN4CCCCC4)cc3)c3c2CNC3=O)c1. The second-order valence-electron chi connectivity index (χ2n) is 9.41. The van der Waals surface area contributed by atoms with Gasteiger partial charge in [-0.25, -0.2) is 0 Å². The summed E-state index contributed by atoms with van der Waals surface area (Å²) >= 11 is 0. The number of carbonyl (C=O) groups excluding carboxylic acids is 2. The summed E-state index contributed by atoms with van der Waals surface area (Å²) in [6, 6.07) is 18.7. The number of fused-ring (bicyclic) bond motifs is 1. The van der Waals surface area contributed by atoms with Crippen LogP contribution < -0.4 is 26.0 Å². The highest BCUT2D eigenvalue weighted by Crippen LogP contribution is 2.33. The Morgan fingerprint density at radius 3 is 2.54 bits per heavy atom. The van der Waals surface area contributed by atoms with Gasteiger partial charge in [-0.1, -0.05) is 12.5 Å². The molecule has 8 heteroatoms. The molecule has 0 aliphatic carbocycles. The molecule has 3 aromatic carbocycles. The zero-order chi connectivity index (χ0) is 25.6. The Morgan fingerprint density at radius 2 is 1.76 bits per heavy atom. The van der Waals surface area contributed by atoms with Crippen LogP contribution in [-0.4, -0.2) is 50.0 Å². The number of anilines is 4. The van der Waals surface area contributed by atoms with Crippen LogP contribution in [0.5, 0.6) is 5.75 Å². The normalized spacial score (nSPS) is 15.0. The van der Waals surface area contributed by atoms with E-state index in [4.69, 9.17) is 4.74 Å². The van der Waals surface area contributed by atoms with E-state index in [1.807, 2.05) is 42.5 Å². The maximum atomic E-state index is 13.0. The molecule has 2 aliphatic rings. The number of piperidine rings is 1. The van der Waals surface area contributed by atoms with E-state index in [0.717, 1.165) is 41.5 Å². The Morgan fingerprint density at radius 1 is 0.973 bits per heavy atom. The van der Waals surface area contributed by atoms with Crippen molar-refractivity contribution in [2.45, 2.75) is 25.8 Å². The molecule has 5 rings (SSSR count). The van der Waals surface area contributed by atoms with Gasteiger partial charge in [0.25, 0.3) is 11.8 Å². The van der Waals surface area contributed by atoms with Crippen LogP contribution in [-0.2, 0) is 6.54 Å². The Bertz CT molecular complexity index is 1270. The number of rotatable bonds is 9. The molecular formula is C29H33N5O3. The zero-order valence-corrected chi connectivity index (χ0v) is 21.1. The van der Waals surface area contributed by atoms with E-state index in [-0.39, 0.29) is 11.8 Å². The molecule has 0 radical (unpaired) electrons. The van der Waals surface area contributed by atoms with Gasteiger partial charge in [0.2, 0.25) is 0 Å². The monoisotopic (exact) mass is 499 g/mol. The Balaban J connectivity index is 1.24. The van der Waals surface area contributed by atoms with Crippen molar-refractivity contribution in [2.75, 3.05) is 49.2 Å². The highest BCUT2D eigenvalue weighted by Gasteiger charge is 2.26. The first-order chi connectivity index (χ1) is 18.1. The van der Waals surface area contributed by atoms with E-state index in [1.165, 1.54) is 32.4 Å². The average Bonchev–Trinajstić information content (AvgIpc) is 3.33. The molecule has 192 valence electrons. The third-order valence-electron chi connectivity index (χ3n) is 6.92. The number of nitrogens with one attached hydrogen (secondary N) is 4. The van der Waals surface area contributed by atoms with Gasteiger partial charge in [-0.2, -0.15) is 0 Å². The van der Waals surface area contributed by atoms with Gasteiger partial charge in [-0.05, 0) is 74.5 Å². The molecule has 4 N–H and O–H groups in total. The van der Waals surface area contributed by atoms with Crippen LogP contribution in [0.2, 0.25) is 0 Å².